The Morgan fingerprint density at radius 2 is 2.05 bits per heavy atom. The number of rotatable bonds is 7. The summed E-state index contributed by atoms with van der Waals surface area (Å²) in [6, 6.07) is 4.83. The van der Waals surface area contributed by atoms with Crippen LogP contribution in [0, 0.1) is 0 Å². The molecule has 114 valence electrons. The van der Waals surface area contributed by atoms with E-state index in [1.54, 1.807) is 13.2 Å². The lowest BCUT2D eigenvalue weighted by molar-refractivity contribution is 0.203. The molecular formula is C13H23N3O3S. The molecule has 0 aliphatic heterocycles. The van der Waals surface area contributed by atoms with Gasteiger partial charge in [0.15, 0.2) is 0 Å². The van der Waals surface area contributed by atoms with Crippen molar-refractivity contribution in [3.63, 3.8) is 0 Å². The maximum atomic E-state index is 11.3. The van der Waals surface area contributed by atoms with Gasteiger partial charge in [-0.3, -0.25) is 0 Å². The van der Waals surface area contributed by atoms with E-state index in [4.69, 9.17) is 15.6 Å². The molecule has 20 heavy (non-hydrogen) atoms. The Balaban J connectivity index is 3.14. The Hall–Kier alpha value is -1.31. The van der Waals surface area contributed by atoms with Crippen LogP contribution < -0.4 is 15.8 Å². The SMILES string of the molecule is CCC(C)N(CCOC)c1ccc(S(N)(=O)=O)cc1N. The molecule has 7 heteroatoms. The molecule has 1 aromatic carbocycles. The third-order valence-electron chi connectivity index (χ3n) is 3.30. The minimum atomic E-state index is -3.73. The summed E-state index contributed by atoms with van der Waals surface area (Å²) >= 11 is 0. The van der Waals surface area contributed by atoms with Crippen LogP contribution in [0.3, 0.4) is 0 Å². The highest BCUT2D eigenvalue weighted by Crippen LogP contribution is 2.28. The van der Waals surface area contributed by atoms with Crippen LogP contribution in [0.2, 0.25) is 0 Å². The highest BCUT2D eigenvalue weighted by Gasteiger charge is 2.17. The zero-order valence-corrected chi connectivity index (χ0v) is 13.0. The molecule has 0 aliphatic carbocycles. The molecule has 0 radical (unpaired) electrons. The van der Waals surface area contributed by atoms with Crippen LogP contribution in [0.5, 0.6) is 0 Å². The maximum Gasteiger partial charge on any atom is 0.238 e. The average molecular weight is 301 g/mol. The van der Waals surface area contributed by atoms with Crippen molar-refractivity contribution in [3.05, 3.63) is 18.2 Å². The zero-order valence-electron chi connectivity index (χ0n) is 12.2. The van der Waals surface area contributed by atoms with Gasteiger partial charge in [-0.05, 0) is 31.5 Å². The first-order chi connectivity index (χ1) is 9.31. The van der Waals surface area contributed by atoms with Crippen molar-refractivity contribution in [2.24, 2.45) is 5.14 Å². The van der Waals surface area contributed by atoms with Gasteiger partial charge < -0.3 is 15.4 Å². The first-order valence-corrected chi connectivity index (χ1v) is 8.03. The fourth-order valence-corrected chi connectivity index (χ4v) is 2.51. The summed E-state index contributed by atoms with van der Waals surface area (Å²) in [5, 5.41) is 5.10. The Morgan fingerprint density at radius 1 is 1.40 bits per heavy atom. The van der Waals surface area contributed by atoms with Crippen molar-refractivity contribution in [2.45, 2.75) is 31.2 Å². The molecule has 0 spiro atoms. The highest BCUT2D eigenvalue weighted by molar-refractivity contribution is 7.89. The molecule has 1 aromatic rings. The number of hydrogen-bond acceptors (Lipinski definition) is 5. The van der Waals surface area contributed by atoms with Gasteiger partial charge in [-0.1, -0.05) is 6.92 Å². The molecule has 0 saturated carbocycles. The van der Waals surface area contributed by atoms with Crippen LogP contribution >= 0.6 is 0 Å². The second-order valence-corrected chi connectivity index (χ2v) is 6.27. The molecule has 0 amide bonds. The first kappa shape index (κ1) is 16.7. The molecule has 1 atom stereocenters. The number of methoxy groups -OCH3 is 1. The first-order valence-electron chi connectivity index (χ1n) is 6.49. The van der Waals surface area contributed by atoms with Crippen molar-refractivity contribution in [2.75, 3.05) is 30.9 Å². The second-order valence-electron chi connectivity index (χ2n) is 4.71. The number of benzene rings is 1. The van der Waals surface area contributed by atoms with E-state index in [1.807, 2.05) is 0 Å². The number of nitrogen functional groups attached to an aromatic ring is 1. The number of hydrogen-bond donors (Lipinski definition) is 2. The van der Waals surface area contributed by atoms with Gasteiger partial charge in [0.25, 0.3) is 0 Å². The predicted octanol–water partition coefficient (Wildman–Crippen LogP) is 1.17. The lowest BCUT2D eigenvalue weighted by Gasteiger charge is -2.31. The highest BCUT2D eigenvalue weighted by atomic mass is 32.2. The van der Waals surface area contributed by atoms with Crippen molar-refractivity contribution in [3.8, 4) is 0 Å². The second kappa shape index (κ2) is 6.92. The summed E-state index contributed by atoms with van der Waals surface area (Å²) in [5.41, 5.74) is 7.17. The molecule has 1 rings (SSSR count). The number of anilines is 2. The Kier molecular flexibility index (Phi) is 5.79. The van der Waals surface area contributed by atoms with Gasteiger partial charge in [0.05, 0.1) is 22.9 Å². The summed E-state index contributed by atoms with van der Waals surface area (Å²) in [6.45, 7) is 5.42. The standard InChI is InChI=1S/C13H23N3O3S/c1-4-10(2)16(7-8-19-3)13-6-5-11(9-12(13)14)20(15,17)18/h5-6,9-10H,4,7-8,14H2,1-3H3,(H2,15,17,18). The van der Waals surface area contributed by atoms with Crippen LogP contribution in [-0.4, -0.2) is 34.7 Å². The third kappa shape index (κ3) is 4.09. The van der Waals surface area contributed by atoms with Gasteiger partial charge in [0.2, 0.25) is 10.0 Å². The van der Waals surface area contributed by atoms with Crippen LogP contribution in [0.4, 0.5) is 11.4 Å². The van der Waals surface area contributed by atoms with Crippen molar-refractivity contribution in [1.29, 1.82) is 0 Å². The predicted molar refractivity (Wildman–Crippen MR) is 81.2 cm³/mol. The quantitative estimate of drug-likeness (QED) is 0.737. The Labute approximate surface area is 120 Å². The topological polar surface area (TPSA) is 98.6 Å². The lowest BCUT2D eigenvalue weighted by Crippen LogP contribution is -2.36. The monoisotopic (exact) mass is 301 g/mol. The summed E-state index contributed by atoms with van der Waals surface area (Å²) in [5.74, 6) is 0. The number of ether oxygens (including phenoxy) is 1. The number of sulfonamides is 1. The van der Waals surface area contributed by atoms with Gasteiger partial charge in [-0.15, -0.1) is 0 Å². The van der Waals surface area contributed by atoms with E-state index < -0.39 is 10.0 Å². The summed E-state index contributed by atoms with van der Waals surface area (Å²) < 4.78 is 27.7. The number of nitrogens with two attached hydrogens (primary N) is 2. The van der Waals surface area contributed by atoms with Crippen LogP contribution in [-0.2, 0) is 14.8 Å². The molecule has 6 nitrogen and oxygen atoms in total. The van der Waals surface area contributed by atoms with Crippen LogP contribution in [0.15, 0.2) is 23.1 Å². The van der Waals surface area contributed by atoms with Gasteiger partial charge in [0, 0.05) is 19.7 Å². The minimum Gasteiger partial charge on any atom is -0.397 e. The minimum absolute atomic E-state index is 0.0228. The van der Waals surface area contributed by atoms with Crippen molar-refractivity contribution < 1.29 is 13.2 Å². The van der Waals surface area contributed by atoms with E-state index in [1.165, 1.54) is 12.1 Å². The molecule has 0 saturated heterocycles. The molecule has 4 N–H and O–H groups in total. The fraction of sp³-hybridized carbons (Fsp3) is 0.538. The van der Waals surface area contributed by atoms with Crippen LogP contribution in [0.1, 0.15) is 20.3 Å². The van der Waals surface area contributed by atoms with E-state index in [-0.39, 0.29) is 10.9 Å². The molecule has 0 aromatic heterocycles. The summed E-state index contributed by atoms with van der Waals surface area (Å²) in [4.78, 5) is 2.13. The van der Waals surface area contributed by atoms with E-state index in [0.717, 1.165) is 12.1 Å². The van der Waals surface area contributed by atoms with E-state index in [9.17, 15) is 8.42 Å². The molecule has 0 aliphatic rings. The molecular weight excluding hydrogens is 278 g/mol. The summed E-state index contributed by atoms with van der Waals surface area (Å²) in [6.07, 6.45) is 0.945. The molecule has 0 bridgehead atoms. The number of primary sulfonamides is 1. The van der Waals surface area contributed by atoms with Gasteiger partial charge >= 0.3 is 0 Å². The maximum absolute atomic E-state index is 11.3. The van der Waals surface area contributed by atoms with Gasteiger partial charge in [-0.2, -0.15) is 0 Å². The van der Waals surface area contributed by atoms with Gasteiger partial charge in [-0.25, -0.2) is 13.6 Å². The average Bonchev–Trinajstić information content (AvgIpc) is 2.39. The molecule has 0 heterocycles. The van der Waals surface area contributed by atoms with E-state index in [0.29, 0.717) is 18.8 Å². The Bertz CT molecular complexity index is 546. The summed E-state index contributed by atoms with van der Waals surface area (Å²) in [7, 11) is -2.09. The number of nitrogens with zero attached hydrogens (tertiary/aromatic N) is 1. The lowest BCUT2D eigenvalue weighted by atomic mass is 10.1. The zero-order chi connectivity index (χ0) is 15.3. The Morgan fingerprint density at radius 3 is 2.50 bits per heavy atom. The molecule has 0 fully saturated rings. The van der Waals surface area contributed by atoms with Crippen molar-refractivity contribution in [1.82, 2.24) is 0 Å². The normalized spacial score (nSPS) is 13.2. The van der Waals surface area contributed by atoms with E-state index >= 15 is 0 Å². The fourth-order valence-electron chi connectivity index (χ4n) is 1.96. The van der Waals surface area contributed by atoms with E-state index in [2.05, 4.69) is 18.7 Å². The molecule has 1 unspecified atom stereocenters. The third-order valence-corrected chi connectivity index (χ3v) is 4.21. The van der Waals surface area contributed by atoms with Gasteiger partial charge in [0.1, 0.15) is 0 Å². The van der Waals surface area contributed by atoms with Crippen LogP contribution in [0.25, 0.3) is 0 Å². The largest absolute Gasteiger partial charge is 0.397 e. The van der Waals surface area contributed by atoms with Crippen molar-refractivity contribution >= 4 is 21.4 Å². The smallest absolute Gasteiger partial charge is 0.238 e.